The molecule has 1 amide bonds. The van der Waals surface area contributed by atoms with Crippen LogP contribution >= 0.6 is 15.9 Å². The number of benzene rings is 2. The number of anilines is 3. The summed E-state index contributed by atoms with van der Waals surface area (Å²) in [7, 11) is 0. The quantitative estimate of drug-likeness (QED) is 0.665. The highest BCUT2D eigenvalue weighted by atomic mass is 79.9. The molecule has 24 heavy (non-hydrogen) atoms. The van der Waals surface area contributed by atoms with Crippen molar-refractivity contribution in [1.82, 2.24) is 4.98 Å². The van der Waals surface area contributed by atoms with E-state index >= 15 is 0 Å². The molecule has 2 N–H and O–H groups in total. The van der Waals surface area contributed by atoms with Crippen molar-refractivity contribution in [3.8, 4) is 0 Å². The van der Waals surface area contributed by atoms with Crippen molar-refractivity contribution >= 4 is 39.0 Å². The molecule has 1 aromatic heterocycles. The minimum absolute atomic E-state index is 0.140. The summed E-state index contributed by atoms with van der Waals surface area (Å²) >= 11 is 3.40. The van der Waals surface area contributed by atoms with Crippen LogP contribution in [0.5, 0.6) is 0 Å². The van der Waals surface area contributed by atoms with Crippen LogP contribution in [-0.2, 0) is 0 Å². The smallest absolute Gasteiger partial charge is 0.255 e. The Morgan fingerprint density at radius 3 is 2.67 bits per heavy atom. The third-order valence-corrected chi connectivity index (χ3v) is 3.73. The first-order valence-corrected chi connectivity index (χ1v) is 7.95. The number of carbonyl (C=O) groups is 1. The highest BCUT2D eigenvalue weighted by molar-refractivity contribution is 9.10. The van der Waals surface area contributed by atoms with Gasteiger partial charge in [-0.15, -0.1) is 0 Å². The molecule has 0 radical (unpaired) electrons. The Kier molecular flexibility index (Phi) is 4.86. The van der Waals surface area contributed by atoms with E-state index < -0.39 is 11.7 Å². The van der Waals surface area contributed by atoms with Crippen molar-refractivity contribution in [1.29, 1.82) is 0 Å². The van der Waals surface area contributed by atoms with Crippen molar-refractivity contribution in [3.05, 3.63) is 82.7 Å². The summed E-state index contributed by atoms with van der Waals surface area (Å²) in [5, 5.41) is 5.67. The van der Waals surface area contributed by atoms with Crippen LogP contribution in [-0.4, -0.2) is 10.9 Å². The predicted molar refractivity (Wildman–Crippen MR) is 96.0 cm³/mol. The van der Waals surface area contributed by atoms with Crippen LogP contribution in [0.4, 0.5) is 21.6 Å². The third kappa shape index (κ3) is 3.97. The number of rotatable bonds is 4. The lowest BCUT2D eigenvalue weighted by Crippen LogP contribution is -2.13. The van der Waals surface area contributed by atoms with Gasteiger partial charge in [-0.05, 0) is 42.5 Å². The molecule has 3 aromatic rings. The van der Waals surface area contributed by atoms with E-state index in [-0.39, 0.29) is 5.69 Å². The van der Waals surface area contributed by atoms with Gasteiger partial charge in [-0.1, -0.05) is 34.1 Å². The number of nitrogens with one attached hydrogen (secondary N) is 2. The highest BCUT2D eigenvalue weighted by Gasteiger charge is 2.10. The fourth-order valence-corrected chi connectivity index (χ4v) is 2.51. The van der Waals surface area contributed by atoms with Gasteiger partial charge in [0.1, 0.15) is 11.6 Å². The van der Waals surface area contributed by atoms with E-state index in [1.54, 1.807) is 24.3 Å². The van der Waals surface area contributed by atoms with Crippen LogP contribution in [0.1, 0.15) is 10.4 Å². The van der Waals surface area contributed by atoms with E-state index in [1.807, 2.05) is 24.3 Å². The summed E-state index contributed by atoms with van der Waals surface area (Å²) in [6.45, 7) is 0. The molecular formula is C18H13BrFN3O. The van der Waals surface area contributed by atoms with Gasteiger partial charge < -0.3 is 10.6 Å². The number of aromatic nitrogens is 1. The van der Waals surface area contributed by atoms with E-state index in [9.17, 15) is 9.18 Å². The van der Waals surface area contributed by atoms with E-state index in [4.69, 9.17) is 0 Å². The van der Waals surface area contributed by atoms with Gasteiger partial charge in [-0.25, -0.2) is 9.37 Å². The Balaban J connectivity index is 1.77. The molecule has 0 atom stereocenters. The average Bonchev–Trinajstić information content (AvgIpc) is 2.57. The fourth-order valence-electron chi connectivity index (χ4n) is 2.11. The number of pyridine rings is 1. The second-order valence-electron chi connectivity index (χ2n) is 5.00. The molecule has 0 aliphatic heterocycles. The zero-order valence-electron chi connectivity index (χ0n) is 12.5. The first-order valence-electron chi connectivity index (χ1n) is 7.16. The number of amides is 1. The minimum Gasteiger partial charge on any atom is -0.340 e. The molecule has 0 saturated heterocycles. The Labute approximate surface area is 146 Å². The Morgan fingerprint density at radius 2 is 1.88 bits per heavy atom. The normalized spacial score (nSPS) is 10.2. The molecule has 6 heteroatoms. The molecule has 0 fully saturated rings. The molecule has 0 aliphatic carbocycles. The van der Waals surface area contributed by atoms with Crippen LogP contribution in [0, 0.1) is 5.82 Å². The number of para-hydroxylation sites is 1. The second-order valence-corrected chi connectivity index (χ2v) is 5.91. The zero-order valence-corrected chi connectivity index (χ0v) is 14.0. The summed E-state index contributed by atoms with van der Waals surface area (Å²) in [5.41, 5.74) is 1.36. The molecule has 0 unspecified atom stereocenters. The SMILES string of the molecule is O=C(Nc1ccccc1F)c1ccnc(Nc2cccc(Br)c2)c1. The maximum absolute atomic E-state index is 13.6. The van der Waals surface area contributed by atoms with E-state index in [2.05, 4.69) is 31.5 Å². The average molecular weight is 386 g/mol. The molecule has 0 saturated carbocycles. The third-order valence-electron chi connectivity index (χ3n) is 3.24. The van der Waals surface area contributed by atoms with Gasteiger partial charge in [0.2, 0.25) is 0 Å². The van der Waals surface area contributed by atoms with E-state index in [1.165, 1.54) is 18.3 Å². The number of nitrogens with zero attached hydrogens (tertiary/aromatic N) is 1. The van der Waals surface area contributed by atoms with E-state index in [0.29, 0.717) is 11.4 Å². The monoisotopic (exact) mass is 385 g/mol. The Hall–Kier alpha value is -2.73. The summed E-state index contributed by atoms with van der Waals surface area (Å²) < 4.78 is 14.6. The summed E-state index contributed by atoms with van der Waals surface area (Å²) in [6, 6.07) is 16.8. The van der Waals surface area contributed by atoms with Gasteiger partial charge in [-0.3, -0.25) is 4.79 Å². The predicted octanol–water partition coefficient (Wildman–Crippen LogP) is 4.98. The summed E-state index contributed by atoms with van der Waals surface area (Å²) in [6.07, 6.45) is 1.52. The van der Waals surface area contributed by atoms with Crippen molar-refractivity contribution in [3.63, 3.8) is 0 Å². The summed E-state index contributed by atoms with van der Waals surface area (Å²) in [5.74, 6) is -0.360. The zero-order chi connectivity index (χ0) is 16.9. The van der Waals surface area contributed by atoms with Gasteiger partial charge >= 0.3 is 0 Å². The van der Waals surface area contributed by atoms with Crippen LogP contribution in [0.15, 0.2) is 71.3 Å². The van der Waals surface area contributed by atoms with Crippen LogP contribution in [0.3, 0.4) is 0 Å². The number of carbonyl (C=O) groups excluding carboxylic acids is 1. The lowest BCUT2D eigenvalue weighted by Gasteiger charge is -2.09. The molecule has 0 spiro atoms. The molecule has 0 aliphatic rings. The fraction of sp³-hybridized carbons (Fsp3) is 0. The highest BCUT2D eigenvalue weighted by Crippen LogP contribution is 2.20. The van der Waals surface area contributed by atoms with Gasteiger partial charge in [0, 0.05) is 21.9 Å². The van der Waals surface area contributed by atoms with E-state index in [0.717, 1.165) is 10.2 Å². The minimum atomic E-state index is -0.479. The van der Waals surface area contributed by atoms with Crippen LogP contribution < -0.4 is 10.6 Å². The largest absolute Gasteiger partial charge is 0.340 e. The number of hydrogen-bond donors (Lipinski definition) is 2. The first-order chi connectivity index (χ1) is 11.6. The van der Waals surface area contributed by atoms with Crippen LogP contribution in [0.25, 0.3) is 0 Å². The maximum Gasteiger partial charge on any atom is 0.255 e. The van der Waals surface area contributed by atoms with Crippen LogP contribution in [0.2, 0.25) is 0 Å². The number of halogens is 2. The van der Waals surface area contributed by atoms with Crippen molar-refractivity contribution in [2.24, 2.45) is 0 Å². The van der Waals surface area contributed by atoms with Gasteiger partial charge in [0.05, 0.1) is 5.69 Å². The standard InChI is InChI=1S/C18H13BrFN3O/c19-13-4-3-5-14(11-13)22-17-10-12(8-9-21-17)18(24)23-16-7-2-1-6-15(16)20/h1-11H,(H,21,22)(H,23,24). The van der Waals surface area contributed by atoms with Crippen molar-refractivity contribution < 1.29 is 9.18 Å². The second kappa shape index (κ2) is 7.23. The molecule has 120 valence electrons. The van der Waals surface area contributed by atoms with Crippen molar-refractivity contribution in [2.45, 2.75) is 0 Å². The van der Waals surface area contributed by atoms with Gasteiger partial charge in [0.25, 0.3) is 5.91 Å². The topological polar surface area (TPSA) is 54.0 Å². The maximum atomic E-state index is 13.6. The molecule has 4 nitrogen and oxygen atoms in total. The Morgan fingerprint density at radius 1 is 1.04 bits per heavy atom. The first kappa shape index (κ1) is 16.1. The Bertz CT molecular complexity index is 885. The lowest BCUT2D eigenvalue weighted by molar-refractivity contribution is 0.102. The molecular weight excluding hydrogens is 373 g/mol. The molecule has 3 rings (SSSR count). The van der Waals surface area contributed by atoms with Gasteiger partial charge in [0.15, 0.2) is 0 Å². The molecule has 2 aromatic carbocycles. The summed E-state index contributed by atoms with van der Waals surface area (Å²) in [4.78, 5) is 16.5. The van der Waals surface area contributed by atoms with Gasteiger partial charge in [-0.2, -0.15) is 0 Å². The number of hydrogen-bond acceptors (Lipinski definition) is 3. The molecule has 1 heterocycles. The molecule has 0 bridgehead atoms. The van der Waals surface area contributed by atoms with Crippen molar-refractivity contribution in [2.75, 3.05) is 10.6 Å². The lowest BCUT2D eigenvalue weighted by atomic mass is 10.2.